The average molecular weight is 681 g/mol. The number of fused-ring (bicyclic) bond motifs is 1. The first kappa shape index (κ1) is 32.4. The van der Waals surface area contributed by atoms with Gasteiger partial charge in [-0.05, 0) is 42.0 Å². The van der Waals surface area contributed by atoms with Gasteiger partial charge in [-0.25, -0.2) is 37.3 Å². The molecule has 1 saturated heterocycles. The third-order valence-corrected chi connectivity index (χ3v) is 8.79. The number of thiazole rings is 1. The number of alkyl halides is 3. The number of pyridine rings is 1. The first-order chi connectivity index (χ1) is 22.1. The van der Waals surface area contributed by atoms with E-state index < -0.39 is 64.2 Å². The summed E-state index contributed by atoms with van der Waals surface area (Å²) in [5, 5.41) is 9.40. The monoisotopic (exact) mass is 680 g/mol. The Morgan fingerprint density at radius 3 is 2.49 bits per heavy atom. The van der Waals surface area contributed by atoms with Gasteiger partial charge in [0.2, 0.25) is 0 Å². The molecule has 0 amide bonds. The van der Waals surface area contributed by atoms with Gasteiger partial charge in [-0.15, -0.1) is 11.3 Å². The maximum Gasteiger partial charge on any atom is 0.427 e. The Labute approximate surface area is 265 Å². The number of carboxylic acids is 1. The number of halogens is 7. The van der Waals surface area contributed by atoms with Crippen LogP contribution in [0.25, 0.3) is 22.3 Å². The van der Waals surface area contributed by atoms with Crippen molar-refractivity contribution in [3.63, 3.8) is 0 Å². The third kappa shape index (κ3) is 6.26. The number of benzene rings is 2. The van der Waals surface area contributed by atoms with E-state index in [0.717, 1.165) is 30.3 Å². The zero-order valence-electron chi connectivity index (χ0n) is 24.5. The van der Waals surface area contributed by atoms with E-state index in [0.29, 0.717) is 24.1 Å². The summed E-state index contributed by atoms with van der Waals surface area (Å²) in [5.74, 6) is -5.61. The molecular formula is C31H23F7N4O4S. The van der Waals surface area contributed by atoms with E-state index in [4.69, 9.17) is 9.47 Å². The van der Waals surface area contributed by atoms with Gasteiger partial charge in [-0.2, -0.15) is 13.2 Å². The van der Waals surface area contributed by atoms with Crippen molar-refractivity contribution < 1.29 is 50.1 Å². The van der Waals surface area contributed by atoms with E-state index in [-0.39, 0.29) is 57.3 Å². The molecule has 3 aromatic heterocycles. The van der Waals surface area contributed by atoms with Crippen LogP contribution in [0.15, 0.2) is 42.6 Å². The molecule has 16 heteroatoms. The van der Waals surface area contributed by atoms with Crippen molar-refractivity contribution in [3.8, 4) is 17.1 Å². The number of carbonyl (C=O) groups is 1. The van der Waals surface area contributed by atoms with Crippen LogP contribution in [-0.4, -0.2) is 43.8 Å². The number of carboxylic acid groups (broad SMARTS) is 1. The lowest BCUT2D eigenvalue weighted by molar-refractivity contribution is -0.134. The lowest BCUT2D eigenvalue weighted by Gasteiger charge is -2.28. The Balaban J connectivity index is 1.33. The summed E-state index contributed by atoms with van der Waals surface area (Å²) in [5.41, 5.74) is -1.54. The van der Waals surface area contributed by atoms with Crippen molar-refractivity contribution in [1.29, 1.82) is 0 Å². The third-order valence-electron chi connectivity index (χ3n) is 7.77. The first-order valence-electron chi connectivity index (χ1n) is 13.9. The van der Waals surface area contributed by atoms with Crippen LogP contribution >= 0.6 is 11.3 Å². The molecule has 8 nitrogen and oxygen atoms in total. The fourth-order valence-corrected chi connectivity index (χ4v) is 6.08. The van der Waals surface area contributed by atoms with Crippen LogP contribution < -0.4 is 4.74 Å². The summed E-state index contributed by atoms with van der Waals surface area (Å²) in [6, 6.07) is 5.36. The normalized spacial score (nSPS) is 16.2. The van der Waals surface area contributed by atoms with Crippen LogP contribution in [0.5, 0.6) is 5.88 Å². The maximum absolute atomic E-state index is 15.6. The summed E-state index contributed by atoms with van der Waals surface area (Å²) in [6.45, 7) is 3.77. The molecule has 0 saturated carbocycles. The largest absolute Gasteiger partial charge is 0.478 e. The molecule has 0 bridgehead atoms. The molecule has 47 heavy (non-hydrogen) atoms. The van der Waals surface area contributed by atoms with E-state index in [1.165, 1.54) is 6.07 Å². The van der Waals surface area contributed by atoms with Crippen LogP contribution in [0.2, 0.25) is 0 Å². The predicted octanol–water partition coefficient (Wildman–Crippen LogP) is 7.60. The number of ether oxygens (including phenoxy) is 2. The standard InChI is InChI=1S/C31H23F7N4O4S/c1-30(2)13-45-11-23(30)42-22-7-15(29(43)44)6-20(35)27(22)41-25(42)8-14-5-19(34)16(9-18(14)33)21-4-3-17(32)28(40-21)46-12-26-39-10-24(47-26)31(36,37)38/h3-7,9-10,23H,8,11-13H2,1-2H3,(H,43,44)/t23-/m1/s1. The molecule has 1 aliphatic rings. The molecule has 1 atom stereocenters. The molecule has 2 aromatic carbocycles. The van der Waals surface area contributed by atoms with E-state index in [1.54, 1.807) is 4.57 Å². The fourth-order valence-electron chi connectivity index (χ4n) is 5.38. The predicted molar refractivity (Wildman–Crippen MR) is 154 cm³/mol. The minimum atomic E-state index is -4.61. The van der Waals surface area contributed by atoms with E-state index in [2.05, 4.69) is 15.0 Å². The Hall–Kier alpha value is -4.57. The lowest BCUT2D eigenvalue weighted by Crippen LogP contribution is -2.27. The van der Waals surface area contributed by atoms with Crippen molar-refractivity contribution in [1.82, 2.24) is 19.5 Å². The number of aromatic nitrogens is 4. The lowest BCUT2D eigenvalue weighted by atomic mass is 9.87. The number of hydrogen-bond donors (Lipinski definition) is 1. The molecule has 1 aliphatic heterocycles. The Kier molecular flexibility index (Phi) is 8.20. The van der Waals surface area contributed by atoms with Crippen LogP contribution in [0.4, 0.5) is 30.7 Å². The van der Waals surface area contributed by atoms with Crippen molar-refractivity contribution in [2.45, 2.75) is 39.1 Å². The molecule has 246 valence electrons. The SMILES string of the molecule is CC1(C)COC[C@H]1n1c(Cc2cc(F)c(-c3ccc(F)c(OCc4ncc(C(F)(F)F)s4)n3)cc2F)nc2c(F)cc(C(=O)O)cc21. The number of rotatable bonds is 8. The maximum atomic E-state index is 15.6. The molecule has 4 heterocycles. The molecule has 0 spiro atoms. The smallest absolute Gasteiger partial charge is 0.427 e. The molecule has 5 aromatic rings. The van der Waals surface area contributed by atoms with Gasteiger partial charge >= 0.3 is 12.1 Å². The first-order valence-corrected chi connectivity index (χ1v) is 14.7. The Morgan fingerprint density at radius 1 is 1.06 bits per heavy atom. The van der Waals surface area contributed by atoms with Gasteiger partial charge in [0.15, 0.2) is 11.6 Å². The minimum Gasteiger partial charge on any atom is -0.478 e. The quantitative estimate of drug-likeness (QED) is 0.169. The van der Waals surface area contributed by atoms with Gasteiger partial charge in [0.05, 0.1) is 42.2 Å². The summed E-state index contributed by atoms with van der Waals surface area (Å²) < 4.78 is 112. The molecular weight excluding hydrogens is 657 g/mol. The highest BCUT2D eigenvalue weighted by Crippen LogP contribution is 2.41. The zero-order valence-corrected chi connectivity index (χ0v) is 25.3. The highest BCUT2D eigenvalue weighted by molar-refractivity contribution is 7.11. The van der Waals surface area contributed by atoms with Gasteiger partial charge in [0, 0.05) is 17.4 Å². The number of nitrogens with zero attached hydrogens (tertiary/aromatic N) is 4. The number of imidazole rings is 1. The highest BCUT2D eigenvalue weighted by atomic mass is 32.1. The van der Waals surface area contributed by atoms with Crippen molar-refractivity contribution in [2.75, 3.05) is 13.2 Å². The molecule has 1 fully saturated rings. The van der Waals surface area contributed by atoms with Crippen LogP contribution in [0.3, 0.4) is 0 Å². The Morgan fingerprint density at radius 2 is 1.83 bits per heavy atom. The highest BCUT2D eigenvalue weighted by Gasteiger charge is 2.39. The second-order valence-corrected chi connectivity index (χ2v) is 12.7. The van der Waals surface area contributed by atoms with E-state index in [9.17, 15) is 27.5 Å². The van der Waals surface area contributed by atoms with Crippen molar-refractivity contribution >= 4 is 28.3 Å². The number of hydrogen-bond acceptors (Lipinski definition) is 7. The molecule has 0 radical (unpaired) electrons. The molecule has 0 aliphatic carbocycles. The van der Waals surface area contributed by atoms with Gasteiger partial charge < -0.3 is 19.1 Å². The zero-order chi connectivity index (χ0) is 33.8. The summed E-state index contributed by atoms with van der Waals surface area (Å²) in [4.78, 5) is 22.6. The minimum absolute atomic E-state index is 0.108. The molecule has 1 N–H and O–H groups in total. The van der Waals surface area contributed by atoms with E-state index in [1.807, 2.05) is 13.8 Å². The number of aromatic carboxylic acids is 1. The average Bonchev–Trinajstić information content (AvgIpc) is 3.71. The van der Waals surface area contributed by atoms with Crippen molar-refractivity contribution in [2.24, 2.45) is 5.41 Å². The van der Waals surface area contributed by atoms with Crippen molar-refractivity contribution in [3.05, 3.63) is 92.7 Å². The summed E-state index contributed by atoms with van der Waals surface area (Å²) in [7, 11) is 0. The Bertz CT molecular complexity index is 2030. The second kappa shape index (κ2) is 11.9. The van der Waals surface area contributed by atoms with Gasteiger partial charge in [-0.3, -0.25) is 0 Å². The van der Waals surface area contributed by atoms with Gasteiger partial charge in [0.25, 0.3) is 5.88 Å². The summed E-state index contributed by atoms with van der Waals surface area (Å²) in [6.07, 6.45) is -4.31. The second-order valence-electron chi connectivity index (χ2n) is 11.5. The topological polar surface area (TPSA) is 99.4 Å². The molecule has 0 unspecified atom stereocenters. The van der Waals surface area contributed by atoms with E-state index >= 15 is 13.2 Å². The fraction of sp³-hybridized carbons (Fsp3) is 0.290. The van der Waals surface area contributed by atoms with Gasteiger partial charge in [0.1, 0.15) is 39.5 Å². The summed E-state index contributed by atoms with van der Waals surface area (Å²) >= 11 is 0.303. The van der Waals surface area contributed by atoms with Crippen LogP contribution in [0.1, 0.15) is 51.5 Å². The molecule has 6 rings (SSSR count). The van der Waals surface area contributed by atoms with Crippen LogP contribution in [0, 0.1) is 28.7 Å². The van der Waals surface area contributed by atoms with Crippen LogP contribution in [-0.2, 0) is 23.9 Å². The van der Waals surface area contributed by atoms with Gasteiger partial charge in [-0.1, -0.05) is 13.8 Å².